The molecular formula is C67H47NO. The van der Waals surface area contributed by atoms with E-state index in [1.54, 1.807) is 0 Å². The minimum absolute atomic E-state index is 0.270. The molecule has 1 atom stereocenters. The molecule has 0 amide bonds. The van der Waals surface area contributed by atoms with E-state index in [1.165, 1.54) is 88.7 Å². The third-order valence-electron chi connectivity index (χ3n) is 15.9. The van der Waals surface area contributed by atoms with Crippen molar-refractivity contribution in [3.05, 3.63) is 281 Å². The summed E-state index contributed by atoms with van der Waals surface area (Å²) in [4.78, 5) is 2.42. The second-order valence-corrected chi connectivity index (χ2v) is 19.3. The van der Waals surface area contributed by atoms with Crippen LogP contribution in [0.2, 0.25) is 0 Å². The predicted octanol–water partition coefficient (Wildman–Crippen LogP) is 17.6. The fourth-order valence-electron chi connectivity index (χ4n) is 12.7. The van der Waals surface area contributed by atoms with Crippen molar-refractivity contribution in [1.29, 1.82) is 0 Å². The largest absolute Gasteiger partial charge is 0.455 e. The third-order valence-corrected chi connectivity index (χ3v) is 15.9. The molecular weight excluding hydrogens is 835 g/mol. The lowest BCUT2D eigenvalue weighted by Crippen LogP contribution is -2.32. The number of hydrogen-bond acceptors (Lipinski definition) is 2. The number of rotatable bonds is 5. The topological polar surface area (TPSA) is 12.5 Å². The lowest BCUT2D eigenvalue weighted by atomic mass is 9.65. The lowest BCUT2D eigenvalue weighted by Gasteiger charge is -2.40. The molecule has 1 spiro atoms. The highest BCUT2D eigenvalue weighted by molar-refractivity contribution is 6.03. The van der Waals surface area contributed by atoms with E-state index in [0.717, 1.165) is 44.9 Å². The van der Waals surface area contributed by atoms with Crippen molar-refractivity contribution in [1.82, 2.24) is 0 Å². The Bertz CT molecular complexity index is 3830. The second kappa shape index (κ2) is 14.8. The minimum atomic E-state index is -0.636. The van der Waals surface area contributed by atoms with Crippen LogP contribution in [0.4, 0.5) is 17.1 Å². The van der Waals surface area contributed by atoms with E-state index in [4.69, 9.17) is 4.74 Å². The monoisotopic (exact) mass is 881 g/mol. The summed E-state index contributed by atoms with van der Waals surface area (Å²) in [6, 6.07) is 85.7. The molecule has 0 bridgehead atoms. The highest BCUT2D eigenvalue weighted by Gasteiger charge is 2.52. The first-order chi connectivity index (χ1) is 33.9. The molecule has 1 heterocycles. The van der Waals surface area contributed by atoms with E-state index < -0.39 is 5.41 Å². The van der Waals surface area contributed by atoms with Crippen molar-refractivity contribution in [3.8, 4) is 44.9 Å². The lowest BCUT2D eigenvalue weighted by molar-refractivity contribution is 0.447. The smallest absolute Gasteiger partial charge is 0.140 e. The SMILES string of the molecule is Cc1cccc2c3c(ccc12)C1(c2ccccc2-c2c(-c4cccc(N(c5ccccc5)c5ccc6c(c5)-c5ccccc5C6(C)c5ccccc5)c4)cccc21)c1ccc2c(C)cccc2c1O3. The Hall–Kier alpha value is -8.46. The van der Waals surface area contributed by atoms with E-state index in [9.17, 15) is 0 Å². The average Bonchev–Trinajstić information content (AvgIpc) is 3.84. The van der Waals surface area contributed by atoms with E-state index in [-0.39, 0.29) is 5.41 Å². The van der Waals surface area contributed by atoms with Crippen molar-refractivity contribution in [2.75, 3.05) is 4.90 Å². The van der Waals surface area contributed by atoms with Gasteiger partial charge in [0.1, 0.15) is 11.5 Å². The summed E-state index contributed by atoms with van der Waals surface area (Å²) in [5, 5.41) is 4.70. The molecule has 2 aliphatic carbocycles. The van der Waals surface area contributed by atoms with Gasteiger partial charge in [-0.1, -0.05) is 194 Å². The molecule has 1 aliphatic heterocycles. The van der Waals surface area contributed by atoms with Crippen LogP contribution in [0.5, 0.6) is 11.5 Å². The van der Waals surface area contributed by atoms with E-state index in [1.807, 2.05) is 0 Å². The van der Waals surface area contributed by atoms with Gasteiger partial charge in [-0.25, -0.2) is 0 Å². The Morgan fingerprint density at radius 1 is 0.348 bits per heavy atom. The molecule has 11 aromatic rings. The molecule has 1 unspecified atom stereocenters. The van der Waals surface area contributed by atoms with Gasteiger partial charge < -0.3 is 9.64 Å². The molecule has 69 heavy (non-hydrogen) atoms. The minimum Gasteiger partial charge on any atom is -0.455 e. The molecule has 0 saturated carbocycles. The Kier molecular flexibility index (Phi) is 8.49. The number of benzene rings is 11. The number of aryl methyl sites for hydroxylation is 2. The molecule has 14 rings (SSSR count). The number of ether oxygens (including phenoxy) is 1. The molecule has 11 aromatic carbocycles. The summed E-state index contributed by atoms with van der Waals surface area (Å²) in [7, 11) is 0. The summed E-state index contributed by atoms with van der Waals surface area (Å²) in [5.41, 5.74) is 21.2. The van der Waals surface area contributed by atoms with Gasteiger partial charge in [0.05, 0.1) is 5.41 Å². The molecule has 0 N–H and O–H groups in total. The zero-order valence-electron chi connectivity index (χ0n) is 38.8. The van der Waals surface area contributed by atoms with Crippen LogP contribution in [0.15, 0.2) is 231 Å². The maximum Gasteiger partial charge on any atom is 0.140 e. The van der Waals surface area contributed by atoms with Crippen LogP contribution < -0.4 is 9.64 Å². The molecule has 326 valence electrons. The Morgan fingerprint density at radius 3 is 1.58 bits per heavy atom. The van der Waals surface area contributed by atoms with Gasteiger partial charge in [-0.15, -0.1) is 0 Å². The maximum absolute atomic E-state index is 7.35. The molecule has 2 heteroatoms. The Labute approximate surface area is 403 Å². The summed E-state index contributed by atoms with van der Waals surface area (Å²) < 4.78 is 7.35. The van der Waals surface area contributed by atoms with Crippen LogP contribution in [-0.2, 0) is 10.8 Å². The molecule has 2 nitrogen and oxygen atoms in total. The summed E-state index contributed by atoms with van der Waals surface area (Å²) in [6.45, 7) is 6.78. The van der Waals surface area contributed by atoms with E-state index in [2.05, 4.69) is 256 Å². The van der Waals surface area contributed by atoms with Gasteiger partial charge in [0.25, 0.3) is 0 Å². The van der Waals surface area contributed by atoms with Gasteiger partial charge in [0.15, 0.2) is 0 Å². The van der Waals surface area contributed by atoms with Gasteiger partial charge in [-0.3, -0.25) is 0 Å². The zero-order valence-corrected chi connectivity index (χ0v) is 38.8. The van der Waals surface area contributed by atoms with Crippen LogP contribution >= 0.6 is 0 Å². The first-order valence-electron chi connectivity index (χ1n) is 24.2. The molecule has 0 radical (unpaired) electrons. The fraction of sp³-hybridized carbons (Fsp3) is 0.0746. The summed E-state index contributed by atoms with van der Waals surface area (Å²) in [5.74, 6) is 1.87. The molecule has 0 aromatic heterocycles. The van der Waals surface area contributed by atoms with Crippen molar-refractivity contribution in [2.24, 2.45) is 0 Å². The van der Waals surface area contributed by atoms with Crippen LogP contribution in [0.3, 0.4) is 0 Å². The van der Waals surface area contributed by atoms with Gasteiger partial charge >= 0.3 is 0 Å². The first-order valence-corrected chi connectivity index (χ1v) is 24.2. The molecule has 0 fully saturated rings. The number of fused-ring (bicyclic) bond motifs is 16. The number of anilines is 3. The van der Waals surface area contributed by atoms with Crippen molar-refractivity contribution in [2.45, 2.75) is 31.6 Å². The third kappa shape index (κ3) is 5.43. The number of nitrogens with zero attached hydrogens (tertiary/aromatic N) is 1. The average molecular weight is 882 g/mol. The molecule has 0 saturated heterocycles. The summed E-state index contributed by atoms with van der Waals surface area (Å²) in [6.07, 6.45) is 0. The number of hydrogen-bond donors (Lipinski definition) is 0. The molecule has 3 aliphatic rings. The second-order valence-electron chi connectivity index (χ2n) is 19.3. The van der Waals surface area contributed by atoms with Gasteiger partial charge in [-0.05, 0) is 140 Å². The van der Waals surface area contributed by atoms with E-state index >= 15 is 0 Å². The highest BCUT2D eigenvalue weighted by atomic mass is 16.5. The van der Waals surface area contributed by atoms with Crippen molar-refractivity contribution >= 4 is 38.6 Å². The standard InChI is InChI=1S/C67H47NO/c1-42-18-14-29-53-49(42)35-38-61-64(53)69-65-54-30-15-19-43(2)50(54)36-39-62(65)67(61)59-32-13-11-27-55(59)63-51(28-17-33-60(63)67)44-20-16-25-47(40-44)68(46-23-8-5-9-24-46)48-34-37-58-56(41-48)52-26-10-12-31-57(52)66(58,3)45-21-6-4-7-22-45/h4-41H,1-3H3. The van der Waals surface area contributed by atoms with E-state index in [0.29, 0.717) is 0 Å². The maximum atomic E-state index is 7.35. The summed E-state index contributed by atoms with van der Waals surface area (Å²) >= 11 is 0. The van der Waals surface area contributed by atoms with Crippen LogP contribution in [-0.4, -0.2) is 0 Å². The van der Waals surface area contributed by atoms with Gasteiger partial charge in [0.2, 0.25) is 0 Å². The zero-order chi connectivity index (χ0) is 46.0. The van der Waals surface area contributed by atoms with Crippen molar-refractivity contribution in [3.63, 3.8) is 0 Å². The first kappa shape index (κ1) is 39.7. The van der Waals surface area contributed by atoms with Gasteiger partial charge in [-0.2, -0.15) is 0 Å². The van der Waals surface area contributed by atoms with Crippen LogP contribution in [0.1, 0.15) is 57.0 Å². The van der Waals surface area contributed by atoms with Crippen LogP contribution in [0.25, 0.3) is 54.9 Å². The quantitative estimate of drug-likeness (QED) is 0.171. The Balaban J connectivity index is 0.985. The van der Waals surface area contributed by atoms with Gasteiger partial charge in [0, 0.05) is 44.4 Å². The fourth-order valence-corrected chi connectivity index (χ4v) is 12.7. The van der Waals surface area contributed by atoms with Crippen molar-refractivity contribution < 1.29 is 4.74 Å². The number of para-hydroxylation sites is 1. The highest BCUT2D eigenvalue weighted by Crippen LogP contribution is 2.65. The Morgan fingerprint density at radius 2 is 0.870 bits per heavy atom. The normalized spacial score (nSPS) is 15.5. The predicted molar refractivity (Wildman–Crippen MR) is 286 cm³/mol. The van der Waals surface area contributed by atoms with Crippen LogP contribution in [0, 0.1) is 13.8 Å².